The second-order valence-electron chi connectivity index (χ2n) is 4.29. The van der Waals surface area contributed by atoms with Crippen LogP contribution in [0.5, 0.6) is 5.75 Å². The number of carbonyl (C=O) groups is 2. The first-order valence-electron chi connectivity index (χ1n) is 5.77. The molecule has 1 aromatic rings. The molecule has 98 valence electrons. The number of methoxy groups -OCH3 is 2. The van der Waals surface area contributed by atoms with Crippen molar-refractivity contribution in [1.82, 2.24) is 0 Å². The Kier molecular flexibility index (Phi) is 4.89. The highest BCUT2D eigenvalue weighted by Crippen LogP contribution is 2.27. The molecule has 0 spiro atoms. The number of hydrogen-bond acceptors (Lipinski definition) is 4. The first-order chi connectivity index (χ1) is 8.49. The van der Waals surface area contributed by atoms with E-state index in [1.807, 2.05) is 13.8 Å². The first kappa shape index (κ1) is 14.2. The minimum Gasteiger partial charge on any atom is -0.496 e. The van der Waals surface area contributed by atoms with Gasteiger partial charge in [-0.05, 0) is 29.7 Å². The van der Waals surface area contributed by atoms with Crippen LogP contribution >= 0.6 is 0 Å². The number of esters is 1. The van der Waals surface area contributed by atoms with Crippen molar-refractivity contribution >= 4 is 11.8 Å². The molecular weight excluding hydrogens is 232 g/mol. The number of carbonyl (C=O) groups excluding carboxylic acids is 2. The molecule has 0 aliphatic rings. The van der Waals surface area contributed by atoms with Gasteiger partial charge >= 0.3 is 5.97 Å². The van der Waals surface area contributed by atoms with Gasteiger partial charge in [-0.25, -0.2) is 0 Å². The Labute approximate surface area is 107 Å². The van der Waals surface area contributed by atoms with E-state index in [1.165, 1.54) is 7.11 Å². The van der Waals surface area contributed by atoms with Gasteiger partial charge < -0.3 is 9.47 Å². The average molecular weight is 250 g/mol. The van der Waals surface area contributed by atoms with Crippen LogP contribution in [-0.2, 0) is 9.53 Å². The second-order valence-corrected chi connectivity index (χ2v) is 4.29. The average Bonchev–Trinajstić information content (AvgIpc) is 2.37. The number of ether oxygens (including phenoxy) is 2. The molecule has 0 N–H and O–H groups in total. The van der Waals surface area contributed by atoms with Crippen LogP contribution in [0.15, 0.2) is 18.2 Å². The molecule has 0 aliphatic heterocycles. The Morgan fingerprint density at radius 1 is 1.22 bits per heavy atom. The standard InChI is InChI=1S/C14H18O4/c1-9(2)11-7-10(5-6-13(11)17-3)12(15)8-14(16)18-4/h5-7,9H,8H2,1-4H3. The lowest BCUT2D eigenvalue weighted by Crippen LogP contribution is -2.10. The highest BCUT2D eigenvalue weighted by atomic mass is 16.5. The SMILES string of the molecule is COC(=O)CC(=O)c1ccc(OC)c(C(C)C)c1. The molecule has 4 nitrogen and oxygen atoms in total. The van der Waals surface area contributed by atoms with Crippen molar-refractivity contribution in [3.05, 3.63) is 29.3 Å². The molecule has 0 unspecified atom stereocenters. The molecule has 4 heteroatoms. The molecule has 0 bridgehead atoms. The summed E-state index contributed by atoms with van der Waals surface area (Å²) in [5, 5.41) is 0. The van der Waals surface area contributed by atoms with Crippen LogP contribution < -0.4 is 4.74 Å². The van der Waals surface area contributed by atoms with E-state index in [4.69, 9.17) is 4.74 Å². The quantitative estimate of drug-likeness (QED) is 0.458. The van der Waals surface area contributed by atoms with Crippen molar-refractivity contribution in [1.29, 1.82) is 0 Å². The van der Waals surface area contributed by atoms with Crippen molar-refractivity contribution in [2.45, 2.75) is 26.2 Å². The Balaban J connectivity index is 3.01. The molecule has 0 aliphatic carbocycles. The van der Waals surface area contributed by atoms with Gasteiger partial charge in [-0.3, -0.25) is 9.59 Å². The lowest BCUT2D eigenvalue weighted by Gasteiger charge is -2.13. The summed E-state index contributed by atoms with van der Waals surface area (Å²) in [7, 11) is 2.86. The predicted molar refractivity (Wildman–Crippen MR) is 68.0 cm³/mol. The highest BCUT2D eigenvalue weighted by molar-refractivity contribution is 6.06. The van der Waals surface area contributed by atoms with Crippen molar-refractivity contribution in [3.8, 4) is 5.75 Å². The fourth-order valence-corrected chi connectivity index (χ4v) is 1.66. The van der Waals surface area contributed by atoms with Crippen LogP contribution in [-0.4, -0.2) is 26.0 Å². The summed E-state index contributed by atoms with van der Waals surface area (Å²) in [6.45, 7) is 4.04. The summed E-state index contributed by atoms with van der Waals surface area (Å²) >= 11 is 0. The molecule has 1 rings (SSSR count). The zero-order chi connectivity index (χ0) is 13.7. The van der Waals surface area contributed by atoms with E-state index in [9.17, 15) is 9.59 Å². The van der Waals surface area contributed by atoms with Gasteiger partial charge in [-0.15, -0.1) is 0 Å². The van der Waals surface area contributed by atoms with E-state index in [-0.39, 0.29) is 18.1 Å². The Morgan fingerprint density at radius 3 is 2.39 bits per heavy atom. The summed E-state index contributed by atoms with van der Waals surface area (Å²) in [5.74, 6) is 0.221. The van der Waals surface area contributed by atoms with Crippen LogP contribution in [0.3, 0.4) is 0 Å². The van der Waals surface area contributed by atoms with Crippen molar-refractivity contribution in [3.63, 3.8) is 0 Å². The third kappa shape index (κ3) is 3.32. The number of rotatable bonds is 5. The molecule has 0 fully saturated rings. The molecule has 0 amide bonds. The molecule has 0 saturated carbocycles. The van der Waals surface area contributed by atoms with Gasteiger partial charge in [0.1, 0.15) is 12.2 Å². The van der Waals surface area contributed by atoms with E-state index in [2.05, 4.69) is 4.74 Å². The minimum absolute atomic E-state index is 0.236. The van der Waals surface area contributed by atoms with Gasteiger partial charge in [0.25, 0.3) is 0 Å². The maximum absolute atomic E-state index is 11.8. The lowest BCUT2D eigenvalue weighted by molar-refractivity contribution is -0.139. The molecule has 0 radical (unpaired) electrons. The molecule has 1 aromatic carbocycles. The Hall–Kier alpha value is -1.84. The summed E-state index contributed by atoms with van der Waals surface area (Å²) in [5.41, 5.74) is 1.46. The highest BCUT2D eigenvalue weighted by Gasteiger charge is 2.15. The second kappa shape index (κ2) is 6.19. The van der Waals surface area contributed by atoms with Gasteiger partial charge in [0.15, 0.2) is 5.78 Å². The van der Waals surface area contributed by atoms with Crippen molar-refractivity contribution in [2.24, 2.45) is 0 Å². The molecule has 0 heterocycles. The van der Waals surface area contributed by atoms with E-state index in [0.29, 0.717) is 5.56 Å². The Bertz CT molecular complexity index is 449. The van der Waals surface area contributed by atoms with Crippen LogP contribution in [0.4, 0.5) is 0 Å². The van der Waals surface area contributed by atoms with Crippen LogP contribution in [0.25, 0.3) is 0 Å². The molecule has 18 heavy (non-hydrogen) atoms. The van der Waals surface area contributed by atoms with E-state index in [0.717, 1.165) is 11.3 Å². The Morgan fingerprint density at radius 2 is 1.89 bits per heavy atom. The van der Waals surface area contributed by atoms with E-state index in [1.54, 1.807) is 25.3 Å². The maximum Gasteiger partial charge on any atom is 0.313 e. The number of ketones is 1. The van der Waals surface area contributed by atoms with Crippen molar-refractivity contribution in [2.75, 3.05) is 14.2 Å². The zero-order valence-corrected chi connectivity index (χ0v) is 11.1. The lowest BCUT2D eigenvalue weighted by atomic mass is 9.97. The number of benzene rings is 1. The molecule has 0 aromatic heterocycles. The predicted octanol–water partition coefficient (Wildman–Crippen LogP) is 2.56. The molecular formula is C14H18O4. The van der Waals surface area contributed by atoms with Crippen LogP contribution in [0.2, 0.25) is 0 Å². The number of Topliss-reactive ketones (excluding diaryl/α,β-unsaturated/α-hetero) is 1. The van der Waals surface area contributed by atoms with Gasteiger partial charge in [-0.2, -0.15) is 0 Å². The van der Waals surface area contributed by atoms with Gasteiger partial charge in [0.2, 0.25) is 0 Å². The summed E-state index contributed by atoms with van der Waals surface area (Å²) in [4.78, 5) is 22.9. The summed E-state index contributed by atoms with van der Waals surface area (Å²) in [6, 6.07) is 5.19. The smallest absolute Gasteiger partial charge is 0.313 e. The minimum atomic E-state index is -0.526. The summed E-state index contributed by atoms with van der Waals surface area (Å²) in [6.07, 6.45) is -0.236. The third-order valence-electron chi connectivity index (χ3n) is 2.71. The maximum atomic E-state index is 11.8. The van der Waals surface area contributed by atoms with Gasteiger partial charge in [0, 0.05) is 5.56 Å². The van der Waals surface area contributed by atoms with Crippen molar-refractivity contribution < 1.29 is 19.1 Å². The fourth-order valence-electron chi connectivity index (χ4n) is 1.66. The summed E-state index contributed by atoms with van der Waals surface area (Å²) < 4.78 is 9.72. The normalized spacial score (nSPS) is 10.3. The van der Waals surface area contributed by atoms with Crippen LogP contribution in [0.1, 0.15) is 42.1 Å². The first-order valence-corrected chi connectivity index (χ1v) is 5.77. The van der Waals surface area contributed by atoms with Gasteiger partial charge in [-0.1, -0.05) is 13.8 Å². The zero-order valence-electron chi connectivity index (χ0n) is 11.1. The molecule has 0 atom stereocenters. The number of hydrogen-bond donors (Lipinski definition) is 0. The van der Waals surface area contributed by atoms with E-state index < -0.39 is 5.97 Å². The topological polar surface area (TPSA) is 52.6 Å². The third-order valence-corrected chi connectivity index (χ3v) is 2.71. The monoisotopic (exact) mass is 250 g/mol. The fraction of sp³-hybridized carbons (Fsp3) is 0.429. The van der Waals surface area contributed by atoms with Gasteiger partial charge in [0.05, 0.1) is 14.2 Å². The molecule has 0 saturated heterocycles. The largest absolute Gasteiger partial charge is 0.496 e. The van der Waals surface area contributed by atoms with E-state index >= 15 is 0 Å². The van der Waals surface area contributed by atoms with Crippen LogP contribution in [0, 0.1) is 0 Å².